The van der Waals surface area contributed by atoms with Crippen LogP contribution in [0, 0.1) is 10.1 Å². The monoisotopic (exact) mass is 333 g/mol. The number of aliphatic hydroxyl groups excluding tert-OH is 1. The van der Waals surface area contributed by atoms with Crippen molar-refractivity contribution in [2.24, 2.45) is 5.14 Å². The van der Waals surface area contributed by atoms with Crippen LogP contribution in [0.2, 0.25) is 0 Å². The van der Waals surface area contributed by atoms with Crippen molar-refractivity contribution >= 4 is 27.4 Å². The first-order chi connectivity index (χ1) is 10.2. The number of carbonyl (C=O) groups is 1. The Kier molecular flexibility index (Phi) is 5.79. The molecule has 0 saturated carbocycles. The van der Waals surface area contributed by atoms with Crippen molar-refractivity contribution in [3.05, 3.63) is 28.3 Å². The van der Waals surface area contributed by atoms with Crippen molar-refractivity contribution in [3.8, 4) is 0 Å². The maximum absolute atomic E-state index is 11.2. The Balaban J connectivity index is 3.13. The second-order valence-electron chi connectivity index (χ2n) is 4.29. The van der Waals surface area contributed by atoms with E-state index in [0.29, 0.717) is 0 Å². The quantitative estimate of drug-likeness (QED) is 0.344. The number of benzene rings is 1. The van der Waals surface area contributed by atoms with E-state index in [-0.39, 0.29) is 12.1 Å². The number of primary sulfonamides is 1. The van der Waals surface area contributed by atoms with Crippen LogP contribution in [0.1, 0.15) is 6.42 Å². The Labute approximate surface area is 126 Å². The van der Waals surface area contributed by atoms with E-state index in [1.165, 1.54) is 7.11 Å². The van der Waals surface area contributed by atoms with Crippen molar-refractivity contribution in [1.29, 1.82) is 0 Å². The number of esters is 1. The average molecular weight is 333 g/mol. The van der Waals surface area contributed by atoms with E-state index in [1.807, 2.05) is 0 Å². The number of hydrogen-bond acceptors (Lipinski definition) is 8. The molecule has 0 heterocycles. The third-order valence-corrected chi connectivity index (χ3v) is 3.63. The highest BCUT2D eigenvalue weighted by Gasteiger charge is 2.22. The highest BCUT2D eigenvalue weighted by atomic mass is 32.2. The molecule has 0 aliphatic carbocycles. The molecule has 1 atom stereocenters. The van der Waals surface area contributed by atoms with E-state index in [2.05, 4.69) is 10.1 Å². The van der Waals surface area contributed by atoms with Crippen molar-refractivity contribution < 1.29 is 28.0 Å². The van der Waals surface area contributed by atoms with Gasteiger partial charge in [-0.15, -0.1) is 0 Å². The van der Waals surface area contributed by atoms with E-state index < -0.39 is 44.1 Å². The number of ether oxygens (including phenoxy) is 1. The van der Waals surface area contributed by atoms with Gasteiger partial charge in [0, 0.05) is 6.07 Å². The maximum atomic E-state index is 11.2. The van der Waals surface area contributed by atoms with Gasteiger partial charge in [0.15, 0.2) is 0 Å². The lowest BCUT2D eigenvalue weighted by Crippen LogP contribution is -2.28. The van der Waals surface area contributed by atoms with Gasteiger partial charge in [0.05, 0.1) is 36.0 Å². The van der Waals surface area contributed by atoms with Gasteiger partial charge in [-0.05, 0) is 12.1 Å². The van der Waals surface area contributed by atoms with Gasteiger partial charge in [-0.25, -0.2) is 13.6 Å². The highest BCUT2D eigenvalue weighted by Crippen LogP contribution is 2.28. The topological polar surface area (TPSA) is 162 Å². The standard InChI is InChI=1S/C11H15N3O7S/c1-21-11(16)4-7(6-15)13-9-3-2-8(22(12,19)20)5-10(9)14(17)18/h2-3,5,7,13,15H,4,6H2,1H3,(H2,12,19,20)/t7-/m0/s1. The summed E-state index contributed by atoms with van der Waals surface area (Å²) in [6.07, 6.45) is -0.221. The first-order valence-corrected chi connectivity index (χ1v) is 7.49. The maximum Gasteiger partial charge on any atom is 0.307 e. The number of carbonyl (C=O) groups excluding carboxylic acids is 1. The van der Waals surface area contributed by atoms with Gasteiger partial charge in [0.2, 0.25) is 10.0 Å². The summed E-state index contributed by atoms with van der Waals surface area (Å²) >= 11 is 0. The van der Waals surface area contributed by atoms with Gasteiger partial charge in [-0.2, -0.15) is 0 Å². The van der Waals surface area contributed by atoms with Crippen LogP contribution in [0.15, 0.2) is 23.1 Å². The number of anilines is 1. The van der Waals surface area contributed by atoms with Gasteiger partial charge < -0.3 is 15.2 Å². The van der Waals surface area contributed by atoms with Gasteiger partial charge in [0.1, 0.15) is 5.69 Å². The summed E-state index contributed by atoms with van der Waals surface area (Å²) in [5.41, 5.74) is -0.602. The molecule has 0 aromatic heterocycles. The second kappa shape index (κ2) is 7.15. The molecule has 0 bridgehead atoms. The Morgan fingerprint density at radius 3 is 2.64 bits per heavy atom. The fourth-order valence-corrected chi connectivity index (χ4v) is 2.16. The van der Waals surface area contributed by atoms with Crippen LogP contribution in [-0.4, -0.2) is 44.2 Å². The van der Waals surface area contributed by atoms with Crippen LogP contribution in [0.3, 0.4) is 0 Å². The van der Waals surface area contributed by atoms with Crippen LogP contribution in [0.25, 0.3) is 0 Å². The first-order valence-electron chi connectivity index (χ1n) is 5.94. The Morgan fingerprint density at radius 1 is 1.55 bits per heavy atom. The Bertz CT molecular complexity index is 674. The summed E-state index contributed by atoms with van der Waals surface area (Å²) in [7, 11) is -2.92. The Morgan fingerprint density at radius 2 is 2.18 bits per heavy atom. The molecule has 0 aliphatic rings. The summed E-state index contributed by atoms with van der Waals surface area (Å²) in [4.78, 5) is 21.0. The molecule has 0 radical (unpaired) electrons. The molecule has 0 spiro atoms. The summed E-state index contributed by atoms with van der Waals surface area (Å²) in [5, 5.41) is 27.7. The fraction of sp³-hybridized carbons (Fsp3) is 0.364. The molecule has 0 unspecified atom stereocenters. The predicted molar refractivity (Wildman–Crippen MR) is 75.6 cm³/mol. The zero-order valence-corrected chi connectivity index (χ0v) is 12.4. The van der Waals surface area contributed by atoms with Crippen LogP contribution < -0.4 is 10.5 Å². The fourth-order valence-electron chi connectivity index (χ4n) is 1.63. The molecule has 1 rings (SSSR count). The van der Waals surface area contributed by atoms with Crippen molar-refractivity contribution in [2.45, 2.75) is 17.4 Å². The SMILES string of the molecule is COC(=O)C[C@@H](CO)Nc1ccc(S(N)(=O)=O)cc1[N+](=O)[O-]. The summed E-state index contributed by atoms with van der Waals surface area (Å²) < 4.78 is 26.9. The van der Waals surface area contributed by atoms with Gasteiger partial charge in [0.25, 0.3) is 5.69 Å². The molecular weight excluding hydrogens is 318 g/mol. The number of nitrogens with zero attached hydrogens (tertiary/aromatic N) is 1. The van der Waals surface area contributed by atoms with Gasteiger partial charge >= 0.3 is 5.97 Å². The number of nitrogens with two attached hydrogens (primary N) is 1. The number of nitro benzene ring substituents is 1. The molecule has 1 aromatic rings. The molecule has 10 nitrogen and oxygen atoms in total. The van der Waals surface area contributed by atoms with E-state index in [9.17, 15) is 28.4 Å². The largest absolute Gasteiger partial charge is 0.469 e. The highest BCUT2D eigenvalue weighted by molar-refractivity contribution is 7.89. The van der Waals surface area contributed by atoms with Crippen LogP contribution in [0.4, 0.5) is 11.4 Å². The van der Waals surface area contributed by atoms with Crippen LogP contribution >= 0.6 is 0 Å². The smallest absolute Gasteiger partial charge is 0.307 e. The normalized spacial score (nSPS) is 12.5. The molecule has 0 aliphatic heterocycles. The third-order valence-electron chi connectivity index (χ3n) is 2.72. The molecule has 0 saturated heterocycles. The lowest BCUT2D eigenvalue weighted by atomic mass is 10.2. The second-order valence-corrected chi connectivity index (χ2v) is 5.85. The number of aliphatic hydroxyl groups is 1. The van der Waals surface area contributed by atoms with Crippen molar-refractivity contribution in [1.82, 2.24) is 0 Å². The average Bonchev–Trinajstić information content (AvgIpc) is 2.45. The molecule has 11 heteroatoms. The Hall–Kier alpha value is -2.24. The number of nitrogens with one attached hydrogen (secondary N) is 1. The minimum atomic E-state index is -4.09. The third kappa shape index (κ3) is 4.65. The minimum absolute atomic E-state index is 0.0552. The molecule has 122 valence electrons. The van der Waals surface area contributed by atoms with Gasteiger partial charge in [-0.3, -0.25) is 14.9 Å². The van der Waals surface area contributed by atoms with E-state index >= 15 is 0 Å². The van der Waals surface area contributed by atoms with E-state index in [1.54, 1.807) is 0 Å². The number of sulfonamides is 1. The number of hydrogen-bond donors (Lipinski definition) is 3. The van der Waals surface area contributed by atoms with Crippen molar-refractivity contribution in [2.75, 3.05) is 19.0 Å². The lowest BCUT2D eigenvalue weighted by Gasteiger charge is -2.16. The minimum Gasteiger partial charge on any atom is -0.469 e. The molecule has 0 amide bonds. The van der Waals surface area contributed by atoms with E-state index in [4.69, 9.17) is 5.14 Å². The summed E-state index contributed by atoms with van der Waals surface area (Å²) in [6.45, 7) is -0.483. The predicted octanol–water partition coefficient (Wildman–Crippen LogP) is -0.422. The van der Waals surface area contributed by atoms with E-state index in [0.717, 1.165) is 18.2 Å². The molecule has 22 heavy (non-hydrogen) atoms. The number of rotatable bonds is 7. The number of methoxy groups -OCH3 is 1. The van der Waals surface area contributed by atoms with Crippen molar-refractivity contribution in [3.63, 3.8) is 0 Å². The molecule has 0 fully saturated rings. The first kappa shape index (κ1) is 17.8. The van der Waals surface area contributed by atoms with Crippen LogP contribution in [0.5, 0.6) is 0 Å². The summed E-state index contributed by atoms with van der Waals surface area (Å²) in [5.74, 6) is -0.615. The molecule has 1 aromatic carbocycles. The zero-order valence-electron chi connectivity index (χ0n) is 11.6. The molecule has 4 N–H and O–H groups in total. The summed E-state index contributed by atoms with van der Waals surface area (Å²) in [6, 6.07) is 2.19. The number of nitro groups is 1. The molecular formula is C11H15N3O7S. The van der Waals surface area contributed by atoms with Crippen LogP contribution in [-0.2, 0) is 19.6 Å². The zero-order chi connectivity index (χ0) is 16.9. The van der Waals surface area contributed by atoms with Gasteiger partial charge in [-0.1, -0.05) is 0 Å². The lowest BCUT2D eigenvalue weighted by molar-refractivity contribution is -0.384.